The molecule has 2 rings (SSSR count). The van der Waals surface area contributed by atoms with E-state index in [4.69, 9.17) is 4.74 Å². The highest BCUT2D eigenvalue weighted by Crippen LogP contribution is 2.37. The van der Waals surface area contributed by atoms with Crippen LogP contribution >= 0.6 is 31.9 Å². The van der Waals surface area contributed by atoms with E-state index < -0.39 is 32.7 Å². The molecule has 1 N–H and O–H groups in total. The van der Waals surface area contributed by atoms with Crippen molar-refractivity contribution in [3.8, 4) is 0 Å². The van der Waals surface area contributed by atoms with Gasteiger partial charge in [0.05, 0.1) is 23.1 Å². The number of carbonyl (C=O) groups excluding carboxylic acids is 1. The van der Waals surface area contributed by atoms with Gasteiger partial charge in [-0.05, 0) is 19.0 Å². The van der Waals surface area contributed by atoms with E-state index in [1.165, 1.54) is 6.07 Å². The van der Waals surface area contributed by atoms with Crippen molar-refractivity contribution in [2.24, 2.45) is 0 Å². The topological polar surface area (TPSA) is 131 Å². The Hall–Kier alpha value is -1.83. The first-order valence-corrected chi connectivity index (χ1v) is 12.1. The summed E-state index contributed by atoms with van der Waals surface area (Å²) in [6.45, 7) is 4.80. The molecular formula is C18H25Br2N5O6. The lowest BCUT2D eigenvalue weighted by Crippen LogP contribution is -2.38. The van der Waals surface area contributed by atoms with Crippen LogP contribution in [-0.2, 0) is 4.74 Å². The van der Waals surface area contributed by atoms with Gasteiger partial charge in [0.2, 0.25) is 0 Å². The highest BCUT2D eigenvalue weighted by Gasteiger charge is 2.35. The van der Waals surface area contributed by atoms with Crippen LogP contribution in [-0.4, -0.2) is 83.8 Å². The Morgan fingerprint density at radius 3 is 2.32 bits per heavy atom. The van der Waals surface area contributed by atoms with Gasteiger partial charge in [-0.25, -0.2) is 0 Å². The smallest absolute Gasteiger partial charge is 0.312 e. The number of ether oxygens (including phenoxy) is 1. The van der Waals surface area contributed by atoms with Crippen molar-refractivity contribution in [1.82, 2.24) is 10.2 Å². The van der Waals surface area contributed by atoms with Crippen molar-refractivity contribution in [3.05, 3.63) is 37.9 Å². The van der Waals surface area contributed by atoms with Crippen molar-refractivity contribution >= 4 is 54.8 Å². The third-order valence-corrected chi connectivity index (χ3v) is 5.54. The van der Waals surface area contributed by atoms with Gasteiger partial charge < -0.3 is 15.0 Å². The number of nitrogens with one attached hydrogen (secondary N) is 1. The Bertz CT molecular complexity index is 785. The number of hydrogen-bond acceptors (Lipinski definition) is 8. The average molecular weight is 567 g/mol. The van der Waals surface area contributed by atoms with Crippen LogP contribution in [0.5, 0.6) is 0 Å². The molecule has 1 aliphatic heterocycles. The number of carbonyl (C=O) groups is 1. The summed E-state index contributed by atoms with van der Waals surface area (Å²) in [5.41, 5.74) is -1.48. The second-order valence-corrected chi connectivity index (χ2v) is 8.36. The number of nitrogens with zero attached hydrogens (tertiary/aromatic N) is 4. The van der Waals surface area contributed by atoms with Gasteiger partial charge in [-0.1, -0.05) is 31.9 Å². The zero-order valence-corrected chi connectivity index (χ0v) is 20.1. The minimum Gasteiger partial charge on any atom is -0.379 e. The molecule has 0 spiro atoms. The minimum absolute atomic E-state index is 0.174. The summed E-state index contributed by atoms with van der Waals surface area (Å²) < 4.78 is 5.29. The lowest BCUT2D eigenvalue weighted by Gasteiger charge is -2.26. The van der Waals surface area contributed by atoms with Crippen LogP contribution in [0.25, 0.3) is 0 Å². The standard InChI is InChI=1S/C18H25Br2N5O6/c19-4-8-23(9-5-20)15-3-2-14(24(27)28)16(17(15)25(29)30)18(26)21-6-1-7-22-10-12-31-13-11-22/h2-3H,1,4-13H2,(H,21,26). The fourth-order valence-corrected chi connectivity index (χ4v) is 4.22. The van der Waals surface area contributed by atoms with E-state index in [2.05, 4.69) is 42.1 Å². The molecule has 31 heavy (non-hydrogen) atoms. The Labute approximate surface area is 196 Å². The summed E-state index contributed by atoms with van der Waals surface area (Å²) in [6, 6.07) is 2.48. The summed E-state index contributed by atoms with van der Waals surface area (Å²) >= 11 is 6.63. The fourth-order valence-electron chi connectivity index (χ4n) is 3.36. The van der Waals surface area contributed by atoms with Crippen LogP contribution in [0, 0.1) is 20.2 Å². The Balaban J connectivity index is 2.26. The van der Waals surface area contributed by atoms with Crippen LogP contribution in [0.15, 0.2) is 12.1 Å². The Morgan fingerprint density at radius 1 is 1.13 bits per heavy atom. The first-order valence-electron chi connectivity index (χ1n) is 9.81. The molecule has 1 saturated heterocycles. The summed E-state index contributed by atoms with van der Waals surface area (Å²) in [5, 5.41) is 27.1. The molecule has 0 saturated carbocycles. The number of hydrogen-bond donors (Lipinski definition) is 1. The Morgan fingerprint density at radius 2 is 1.77 bits per heavy atom. The van der Waals surface area contributed by atoms with E-state index in [1.807, 2.05) is 0 Å². The molecule has 0 radical (unpaired) electrons. The molecule has 0 atom stereocenters. The number of alkyl halides is 2. The van der Waals surface area contributed by atoms with Crippen molar-refractivity contribution in [2.75, 3.05) is 68.0 Å². The second kappa shape index (κ2) is 12.9. The number of benzene rings is 1. The van der Waals surface area contributed by atoms with E-state index in [-0.39, 0.29) is 12.2 Å². The number of nitro groups is 2. The van der Waals surface area contributed by atoms with Crippen LogP contribution in [0.1, 0.15) is 16.8 Å². The molecule has 11 nitrogen and oxygen atoms in total. The molecule has 1 aliphatic rings. The highest BCUT2D eigenvalue weighted by atomic mass is 79.9. The third-order valence-electron chi connectivity index (χ3n) is 4.83. The number of halogens is 2. The van der Waals surface area contributed by atoms with Gasteiger partial charge in [0.15, 0.2) is 5.56 Å². The number of rotatable bonds is 12. The summed E-state index contributed by atoms with van der Waals surface area (Å²) in [4.78, 5) is 38.7. The molecule has 0 unspecified atom stereocenters. The second-order valence-electron chi connectivity index (χ2n) is 6.77. The molecular weight excluding hydrogens is 542 g/mol. The van der Waals surface area contributed by atoms with E-state index in [1.54, 1.807) is 4.90 Å². The van der Waals surface area contributed by atoms with Crippen LogP contribution < -0.4 is 10.2 Å². The van der Waals surface area contributed by atoms with Crippen LogP contribution in [0.4, 0.5) is 17.1 Å². The van der Waals surface area contributed by atoms with Gasteiger partial charge in [0, 0.05) is 49.5 Å². The third kappa shape index (κ3) is 7.09. The van der Waals surface area contributed by atoms with E-state index in [0.29, 0.717) is 43.4 Å². The zero-order chi connectivity index (χ0) is 22.8. The van der Waals surface area contributed by atoms with Crippen molar-refractivity contribution in [1.29, 1.82) is 0 Å². The number of nitro benzene ring substituents is 2. The number of amides is 1. The molecule has 0 aromatic heterocycles. The fraction of sp³-hybridized carbons (Fsp3) is 0.611. The van der Waals surface area contributed by atoms with E-state index in [9.17, 15) is 25.0 Å². The molecule has 1 aromatic rings. The van der Waals surface area contributed by atoms with Crippen LogP contribution in [0.2, 0.25) is 0 Å². The first kappa shape index (κ1) is 25.4. The maximum absolute atomic E-state index is 12.8. The van der Waals surface area contributed by atoms with Gasteiger partial charge in [-0.3, -0.25) is 29.9 Å². The largest absolute Gasteiger partial charge is 0.379 e. The van der Waals surface area contributed by atoms with Crippen molar-refractivity contribution in [3.63, 3.8) is 0 Å². The van der Waals surface area contributed by atoms with Gasteiger partial charge in [-0.15, -0.1) is 0 Å². The van der Waals surface area contributed by atoms with E-state index in [0.717, 1.165) is 25.7 Å². The molecule has 1 fully saturated rings. The van der Waals surface area contributed by atoms with Crippen molar-refractivity contribution < 1.29 is 19.4 Å². The maximum atomic E-state index is 12.8. The Kier molecular flexibility index (Phi) is 10.6. The van der Waals surface area contributed by atoms with E-state index >= 15 is 0 Å². The minimum atomic E-state index is -0.820. The molecule has 1 amide bonds. The van der Waals surface area contributed by atoms with Crippen molar-refractivity contribution in [2.45, 2.75) is 6.42 Å². The predicted molar refractivity (Wildman–Crippen MR) is 124 cm³/mol. The lowest BCUT2D eigenvalue weighted by molar-refractivity contribution is -0.394. The zero-order valence-electron chi connectivity index (χ0n) is 16.9. The van der Waals surface area contributed by atoms with Crippen LogP contribution in [0.3, 0.4) is 0 Å². The average Bonchev–Trinajstić information content (AvgIpc) is 2.76. The summed E-state index contributed by atoms with van der Waals surface area (Å²) in [7, 11) is 0. The van der Waals surface area contributed by atoms with Gasteiger partial charge in [-0.2, -0.15) is 0 Å². The normalized spacial score (nSPS) is 14.3. The molecule has 1 aromatic carbocycles. The summed E-state index contributed by atoms with van der Waals surface area (Å²) in [6.07, 6.45) is 0.617. The quantitative estimate of drug-likeness (QED) is 0.177. The first-order chi connectivity index (χ1) is 14.9. The van der Waals surface area contributed by atoms with Gasteiger partial charge >= 0.3 is 5.69 Å². The lowest BCUT2D eigenvalue weighted by atomic mass is 10.1. The molecule has 172 valence electrons. The van der Waals surface area contributed by atoms with Gasteiger partial charge in [0.25, 0.3) is 11.6 Å². The molecule has 0 aliphatic carbocycles. The monoisotopic (exact) mass is 565 g/mol. The molecule has 13 heteroatoms. The molecule has 0 bridgehead atoms. The number of morpholine rings is 1. The SMILES string of the molecule is O=C(NCCCN1CCOCC1)c1c([N+](=O)[O-])ccc(N(CCBr)CCBr)c1[N+](=O)[O-]. The van der Waals surface area contributed by atoms with Gasteiger partial charge in [0.1, 0.15) is 5.69 Å². The number of anilines is 1. The summed E-state index contributed by atoms with van der Waals surface area (Å²) in [5.74, 6) is -0.820. The maximum Gasteiger partial charge on any atom is 0.312 e. The predicted octanol–water partition coefficient (Wildman–Crippen LogP) is 2.55. The highest BCUT2D eigenvalue weighted by molar-refractivity contribution is 9.09. The molecule has 1 heterocycles.